The molecule has 7 heteroatoms. The first kappa shape index (κ1) is 22.4. The third-order valence-corrected chi connectivity index (χ3v) is 4.78. The van der Waals surface area contributed by atoms with Crippen molar-refractivity contribution in [2.45, 2.75) is 18.4 Å². The molecule has 2 heterocycles. The van der Waals surface area contributed by atoms with Gasteiger partial charge in [-0.05, 0) is 25.9 Å². The number of ether oxygens (including phenoxy) is 1. The summed E-state index contributed by atoms with van der Waals surface area (Å²) in [7, 11) is 0. The summed E-state index contributed by atoms with van der Waals surface area (Å²) in [5.41, 5.74) is -0.0155. The summed E-state index contributed by atoms with van der Waals surface area (Å²) in [5.74, 6) is 0.357. The summed E-state index contributed by atoms with van der Waals surface area (Å²) >= 11 is 0. The van der Waals surface area contributed by atoms with Crippen LogP contribution in [-0.4, -0.2) is 67.3 Å². The summed E-state index contributed by atoms with van der Waals surface area (Å²) in [6, 6.07) is 9.55. The number of likely N-dealkylation sites (tertiary alicyclic amines) is 1. The minimum atomic E-state index is -0.827. The van der Waals surface area contributed by atoms with E-state index in [0.717, 1.165) is 38.0 Å². The van der Waals surface area contributed by atoms with E-state index in [1.165, 1.54) is 0 Å². The van der Waals surface area contributed by atoms with Crippen LogP contribution < -0.4 is 5.32 Å². The molecule has 0 saturated carbocycles. The van der Waals surface area contributed by atoms with Crippen molar-refractivity contribution in [1.29, 1.82) is 0 Å². The Morgan fingerprint density at radius 3 is 2.60 bits per heavy atom. The first-order chi connectivity index (χ1) is 11.2. The molecule has 1 unspecified atom stereocenters. The quantitative estimate of drug-likeness (QED) is 0.767. The molecular weight excluding hydrogens is 363 g/mol. The molecule has 25 heavy (non-hydrogen) atoms. The first-order valence-corrected chi connectivity index (χ1v) is 8.49. The molecule has 142 valence electrons. The molecule has 1 aromatic carbocycles. The molecule has 5 nitrogen and oxygen atoms in total. The van der Waals surface area contributed by atoms with Gasteiger partial charge in [0.2, 0.25) is 0 Å². The van der Waals surface area contributed by atoms with Crippen LogP contribution in [-0.2, 0) is 4.74 Å². The SMILES string of the molecule is Cl.Cl.O=C(c1ccccc1)C1CCN(CC2(O)CNCCOC2)CC1. The van der Waals surface area contributed by atoms with Gasteiger partial charge in [-0.3, -0.25) is 4.79 Å². The summed E-state index contributed by atoms with van der Waals surface area (Å²) in [6.45, 7) is 4.69. The highest BCUT2D eigenvalue weighted by atomic mass is 35.5. The smallest absolute Gasteiger partial charge is 0.166 e. The number of carbonyl (C=O) groups excluding carboxylic acids is 1. The van der Waals surface area contributed by atoms with Crippen LogP contribution in [0.5, 0.6) is 0 Å². The lowest BCUT2D eigenvalue weighted by molar-refractivity contribution is -0.0527. The number of carbonyl (C=O) groups is 1. The zero-order chi connectivity index (χ0) is 16.1. The van der Waals surface area contributed by atoms with E-state index >= 15 is 0 Å². The van der Waals surface area contributed by atoms with Gasteiger partial charge in [0, 0.05) is 31.1 Å². The molecule has 2 aliphatic heterocycles. The molecule has 2 saturated heterocycles. The Balaban J connectivity index is 0.00000156. The molecule has 1 aromatic rings. The number of nitrogens with one attached hydrogen (secondary N) is 1. The zero-order valence-corrected chi connectivity index (χ0v) is 16.0. The Morgan fingerprint density at radius 2 is 1.92 bits per heavy atom. The third kappa shape index (κ3) is 6.20. The Bertz CT molecular complexity index is 514. The predicted octanol–water partition coefficient (Wildman–Crippen LogP) is 1.78. The molecule has 0 bridgehead atoms. The number of nitrogens with zero attached hydrogens (tertiary/aromatic N) is 1. The largest absolute Gasteiger partial charge is 0.385 e. The van der Waals surface area contributed by atoms with Crippen molar-refractivity contribution in [1.82, 2.24) is 10.2 Å². The second-order valence-corrected chi connectivity index (χ2v) is 6.73. The van der Waals surface area contributed by atoms with E-state index in [9.17, 15) is 9.90 Å². The molecule has 0 aliphatic carbocycles. The van der Waals surface area contributed by atoms with E-state index in [2.05, 4.69) is 10.2 Å². The number of rotatable bonds is 4. The van der Waals surface area contributed by atoms with Gasteiger partial charge in [0.15, 0.2) is 5.78 Å². The normalized spacial score (nSPS) is 25.3. The Hall–Kier alpha value is -0.690. The number of hydrogen-bond donors (Lipinski definition) is 2. The van der Waals surface area contributed by atoms with E-state index in [1.807, 2.05) is 30.3 Å². The highest BCUT2D eigenvalue weighted by Gasteiger charge is 2.34. The lowest BCUT2D eigenvalue weighted by Gasteiger charge is -2.37. The van der Waals surface area contributed by atoms with E-state index < -0.39 is 5.60 Å². The van der Waals surface area contributed by atoms with Gasteiger partial charge < -0.3 is 20.1 Å². The van der Waals surface area contributed by atoms with Gasteiger partial charge in [-0.25, -0.2) is 0 Å². The first-order valence-electron chi connectivity index (χ1n) is 8.49. The van der Waals surface area contributed by atoms with Gasteiger partial charge in [0.1, 0.15) is 5.60 Å². The van der Waals surface area contributed by atoms with Crippen LogP contribution in [0, 0.1) is 5.92 Å². The lowest BCUT2D eigenvalue weighted by atomic mass is 9.88. The fourth-order valence-electron chi connectivity index (χ4n) is 3.49. The maximum Gasteiger partial charge on any atom is 0.166 e. The van der Waals surface area contributed by atoms with E-state index in [4.69, 9.17) is 4.74 Å². The molecule has 0 radical (unpaired) electrons. The zero-order valence-electron chi connectivity index (χ0n) is 14.4. The number of hydrogen-bond acceptors (Lipinski definition) is 5. The molecule has 2 N–H and O–H groups in total. The summed E-state index contributed by atoms with van der Waals surface area (Å²) in [6.07, 6.45) is 1.72. The Kier molecular flexibility index (Phi) is 9.35. The molecule has 2 fully saturated rings. The Labute approximate surface area is 161 Å². The average molecular weight is 391 g/mol. The summed E-state index contributed by atoms with van der Waals surface area (Å²) in [4.78, 5) is 14.8. The molecule has 3 rings (SSSR count). The minimum absolute atomic E-state index is 0. The van der Waals surface area contributed by atoms with Crippen molar-refractivity contribution < 1.29 is 14.6 Å². The molecule has 0 spiro atoms. The van der Waals surface area contributed by atoms with E-state index in [1.54, 1.807) is 0 Å². The fourth-order valence-corrected chi connectivity index (χ4v) is 3.49. The molecule has 1 atom stereocenters. The topological polar surface area (TPSA) is 61.8 Å². The van der Waals surface area contributed by atoms with Crippen molar-refractivity contribution in [3.63, 3.8) is 0 Å². The number of benzene rings is 1. The van der Waals surface area contributed by atoms with Gasteiger partial charge in [-0.2, -0.15) is 0 Å². The van der Waals surface area contributed by atoms with E-state index in [-0.39, 0.29) is 36.5 Å². The van der Waals surface area contributed by atoms with Crippen molar-refractivity contribution in [3.05, 3.63) is 35.9 Å². The monoisotopic (exact) mass is 390 g/mol. The van der Waals surface area contributed by atoms with Crippen LogP contribution >= 0.6 is 24.8 Å². The van der Waals surface area contributed by atoms with Crippen LogP contribution in [0.1, 0.15) is 23.2 Å². The number of halogens is 2. The number of aliphatic hydroxyl groups is 1. The standard InChI is InChI=1S/C18H26N2O3.2ClH/c21-17(15-4-2-1-3-5-15)16-6-9-20(10-7-16)13-18(22)12-19-8-11-23-14-18;;/h1-5,16,19,22H,6-14H2;2*1H. The number of Topliss-reactive ketones (excluding diaryl/α,β-unsaturated/α-hetero) is 1. The Morgan fingerprint density at radius 1 is 1.24 bits per heavy atom. The molecule has 0 aromatic heterocycles. The van der Waals surface area contributed by atoms with Crippen molar-refractivity contribution in [2.75, 3.05) is 45.9 Å². The average Bonchev–Trinajstić information content (AvgIpc) is 2.80. The van der Waals surface area contributed by atoms with Gasteiger partial charge in [-0.15, -0.1) is 24.8 Å². The molecular formula is C18H28Cl2N2O3. The molecule has 0 amide bonds. The fraction of sp³-hybridized carbons (Fsp3) is 0.611. The summed E-state index contributed by atoms with van der Waals surface area (Å²) < 4.78 is 5.48. The van der Waals surface area contributed by atoms with E-state index in [0.29, 0.717) is 26.3 Å². The van der Waals surface area contributed by atoms with Crippen LogP contribution in [0.3, 0.4) is 0 Å². The maximum absolute atomic E-state index is 12.5. The van der Waals surface area contributed by atoms with Crippen LogP contribution in [0.2, 0.25) is 0 Å². The minimum Gasteiger partial charge on any atom is -0.385 e. The summed E-state index contributed by atoms with van der Waals surface area (Å²) in [5, 5.41) is 13.9. The third-order valence-electron chi connectivity index (χ3n) is 4.78. The second-order valence-electron chi connectivity index (χ2n) is 6.73. The van der Waals surface area contributed by atoms with Crippen molar-refractivity contribution in [3.8, 4) is 0 Å². The highest BCUT2D eigenvalue weighted by molar-refractivity contribution is 5.97. The second kappa shape index (κ2) is 10.5. The molecule has 2 aliphatic rings. The maximum atomic E-state index is 12.5. The van der Waals surface area contributed by atoms with Crippen molar-refractivity contribution in [2.24, 2.45) is 5.92 Å². The van der Waals surface area contributed by atoms with Crippen molar-refractivity contribution >= 4 is 30.6 Å². The van der Waals surface area contributed by atoms with Gasteiger partial charge >= 0.3 is 0 Å². The number of piperidine rings is 1. The van der Waals surface area contributed by atoms with Crippen LogP contribution in [0.4, 0.5) is 0 Å². The van der Waals surface area contributed by atoms with Gasteiger partial charge in [0.25, 0.3) is 0 Å². The lowest BCUT2D eigenvalue weighted by Crippen LogP contribution is -2.53. The van der Waals surface area contributed by atoms with Crippen LogP contribution in [0.15, 0.2) is 30.3 Å². The number of ketones is 1. The highest BCUT2D eigenvalue weighted by Crippen LogP contribution is 2.23. The van der Waals surface area contributed by atoms with Gasteiger partial charge in [-0.1, -0.05) is 30.3 Å². The van der Waals surface area contributed by atoms with Crippen LogP contribution in [0.25, 0.3) is 0 Å². The predicted molar refractivity (Wildman–Crippen MR) is 103 cm³/mol. The number of β-amino-alcohol motifs (C(OH)–C–C–N with tert-alkyl or cyclic N) is 1. The van der Waals surface area contributed by atoms with Gasteiger partial charge in [0.05, 0.1) is 13.2 Å².